The second-order valence-corrected chi connectivity index (χ2v) is 5.50. The van der Waals surface area contributed by atoms with Crippen LogP contribution in [0.25, 0.3) is 0 Å². The standard InChI is InChI=1S/C12H22O9/c1-3-5(13)7(15)8(16)12(20-3)21-10-6(14)4(2)19-11(18)9(10)17/h3-18H,1-2H3/t3-,4-,5-,6-,7+,8+,9+,10+,11?,12-/m0/s1. The molecule has 0 aromatic heterocycles. The van der Waals surface area contributed by atoms with Gasteiger partial charge in [-0.15, -0.1) is 0 Å². The average Bonchev–Trinajstić information content (AvgIpc) is 2.44. The molecule has 0 aliphatic carbocycles. The molecule has 0 amide bonds. The normalized spacial score (nSPS) is 55.4. The van der Waals surface area contributed by atoms with Crippen molar-refractivity contribution in [3.8, 4) is 0 Å². The number of hydrogen-bond acceptors (Lipinski definition) is 9. The summed E-state index contributed by atoms with van der Waals surface area (Å²) in [5, 5.41) is 58.4. The lowest BCUT2D eigenvalue weighted by molar-refractivity contribution is -0.349. The van der Waals surface area contributed by atoms with Gasteiger partial charge in [-0.1, -0.05) is 0 Å². The highest BCUT2D eigenvalue weighted by molar-refractivity contribution is 4.92. The number of aliphatic hydroxyl groups excluding tert-OH is 6. The zero-order chi connectivity index (χ0) is 15.9. The van der Waals surface area contributed by atoms with E-state index < -0.39 is 61.4 Å². The summed E-state index contributed by atoms with van der Waals surface area (Å²) in [5.41, 5.74) is 0. The molecule has 0 aromatic carbocycles. The van der Waals surface area contributed by atoms with E-state index in [0.29, 0.717) is 0 Å². The van der Waals surface area contributed by atoms with Gasteiger partial charge in [-0.2, -0.15) is 0 Å². The van der Waals surface area contributed by atoms with Crippen LogP contribution in [-0.2, 0) is 14.2 Å². The molecule has 0 spiro atoms. The Bertz CT molecular complexity index is 340. The van der Waals surface area contributed by atoms with Gasteiger partial charge in [-0.3, -0.25) is 0 Å². The number of hydrogen-bond donors (Lipinski definition) is 6. The topological polar surface area (TPSA) is 149 Å². The fourth-order valence-electron chi connectivity index (χ4n) is 2.45. The van der Waals surface area contributed by atoms with Crippen LogP contribution in [0, 0.1) is 0 Å². The summed E-state index contributed by atoms with van der Waals surface area (Å²) < 4.78 is 15.4. The molecule has 9 nitrogen and oxygen atoms in total. The molecule has 124 valence electrons. The maximum Gasteiger partial charge on any atom is 0.187 e. The van der Waals surface area contributed by atoms with E-state index in [2.05, 4.69) is 0 Å². The predicted molar refractivity (Wildman–Crippen MR) is 65.8 cm³/mol. The van der Waals surface area contributed by atoms with Gasteiger partial charge in [-0.05, 0) is 13.8 Å². The molecule has 0 radical (unpaired) electrons. The molecule has 2 aliphatic heterocycles. The lowest BCUT2D eigenvalue weighted by atomic mass is 9.97. The smallest absolute Gasteiger partial charge is 0.187 e. The van der Waals surface area contributed by atoms with Gasteiger partial charge >= 0.3 is 0 Å². The summed E-state index contributed by atoms with van der Waals surface area (Å²) in [6, 6.07) is 0. The Labute approximate surface area is 121 Å². The van der Waals surface area contributed by atoms with E-state index in [9.17, 15) is 30.6 Å². The van der Waals surface area contributed by atoms with E-state index in [1.165, 1.54) is 13.8 Å². The van der Waals surface area contributed by atoms with Crippen molar-refractivity contribution in [3.63, 3.8) is 0 Å². The fourth-order valence-corrected chi connectivity index (χ4v) is 2.45. The molecule has 0 bridgehead atoms. The van der Waals surface area contributed by atoms with E-state index in [1.54, 1.807) is 0 Å². The second kappa shape index (κ2) is 6.41. The molecule has 6 N–H and O–H groups in total. The Kier molecular flexibility index (Phi) is 5.19. The van der Waals surface area contributed by atoms with Gasteiger partial charge in [0.1, 0.15) is 36.6 Å². The van der Waals surface area contributed by atoms with E-state index in [0.717, 1.165) is 0 Å². The molecule has 21 heavy (non-hydrogen) atoms. The van der Waals surface area contributed by atoms with Gasteiger partial charge in [0.25, 0.3) is 0 Å². The summed E-state index contributed by atoms with van der Waals surface area (Å²) in [6.07, 6.45) is -13.0. The molecule has 2 rings (SSSR count). The van der Waals surface area contributed by atoms with E-state index in [1.807, 2.05) is 0 Å². The third-order valence-electron chi connectivity index (χ3n) is 3.90. The van der Waals surface area contributed by atoms with Crippen molar-refractivity contribution < 1.29 is 44.8 Å². The van der Waals surface area contributed by atoms with Gasteiger partial charge in [0, 0.05) is 0 Å². The minimum atomic E-state index is -1.56. The van der Waals surface area contributed by atoms with Gasteiger partial charge in [0.05, 0.1) is 12.2 Å². The molecule has 2 saturated heterocycles. The van der Waals surface area contributed by atoms with Gasteiger partial charge in [0.15, 0.2) is 12.6 Å². The lowest BCUT2D eigenvalue weighted by Gasteiger charge is -2.44. The van der Waals surface area contributed by atoms with Gasteiger partial charge in [-0.25, -0.2) is 0 Å². The molecule has 2 aliphatic rings. The van der Waals surface area contributed by atoms with E-state index >= 15 is 0 Å². The fraction of sp³-hybridized carbons (Fsp3) is 1.00. The minimum absolute atomic E-state index is 0.804. The number of aliphatic hydroxyl groups is 6. The van der Waals surface area contributed by atoms with Crippen molar-refractivity contribution in [1.82, 2.24) is 0 Å². The maximum atomic E-state index is 9.96. The molecule has 1 unspecified atom stereocenters. The minimum Gasteiger partial charge on any atom is -0.388 e. The van der Waals surface area contributed by atoms with E-state index in [-0.39, 0.29) is 0 Å². The second-order valence-electron chi connectivity index (χ2n) is 5.50. The van der Waals surface area contributed by atoms with Crippen LogP contribution in [0.1, 0.15) is 13.8 Å². The first kappa shape index (κ1) is 17.0. The highest BCUT2D eigenvalue weighted by Gasteiger charge is 2.48. The largest absolute Gasteiger partial charge is 0.388 e. The van der Waals surface area contributed by atoms with Crippen molar-refractivity contribution >= 4 is 0 Å². The molecule has 0 aromatic rings. The van der Waals surface area contributed by atoms with Crippen molar-refractivity contribution in [1.29, 1.82) is 0 Å². The summed E-state index contributed by atoms with van der Waals surface area (Å²) >= 11 is 0. The average molecular weight is 310 g/mol. The van der Waals surface area contributed by atoms with Crippen LogP contribution in [0.5, 0.6) is 0 Å². The van der Waals surface area contributed by atoms with Crippen molar-refractivity contribution in [3.05, 3.63) is 0 Å². The molecule has 2 heterocycles. The zero-order valence-corrected chi connectivity index (χ0v) is 11.7. The van der Waals surface area contributed by atoms with Crippen LogP contribution in [0.3, 0.4) is 0 Å². The van der Waals surface area contributed by atoms with Crippen LogP contribution in [0.4, 0.5) is 0 Å². The van der Waals surface area contributed by atoms with Crippen molar-refractivity contribution in [2.24, 2.45) is 0 Å². The molecule has 10 atom stereocenters. The molecule has 2 fully saturated rings. The van der Waals surface area contributed by atoms with Crippen LogP contribution in [-0.4, -0.2) is 92.1 Å². The van der Waals surface area contributed by atoms with Crippen molar-refractivity contribution in [2.45, 2.75) is 75.3 Å². The monoisotopic (exact) mass is 310 g/mol. The third-order valence-corrected chi connectivity index (χ3v) is 3.90. The van der Waals surface area contributed by atoms with Crippen LogP contribution in [0.2, 0.25) is 0 Å². The Morgan fingerprint density at radius 1 is 0.667 bits per heavy atom. The first-order valence-corrected chi connectivity index (χ1v) is 6.78. The first-order chi connectivity index (χ1) is 9.73. The lowest BCUT2D eigenvalue weighted by Crippen LogP contribution is -2.63. The maximum absolute atomic E-state index is 9.96. The first-order valence-electron chi connectivity index (χ1n) is 6.78. The molecular weight excluding hydrogens is 288 g/mol. The zero-order valence-electron chi connectivity index (χ0n) is 11.7. The summed E-state index contributed by atoms with van der Waals surface area (Å²) in [5.74, 6) is 0. The third kappa shape index (κ3) is 3.21. The summed E-state index contributed by atoms with van der Waals surface area (Å²) in [6.45, 7) is 2.96. The van der Waals surface area contributed by atoms with Crippen LogP contribution in [0.15, 0.2) is 0 Å². The van der Waals surface area contributed by atoms with Gasteiger partial charge in [0.2, 0.25) is 0 Å². The summed E-state index contributed by atoms with van der Waals surface area (Å²) in [7, 11) is 0. The number of ether oxygens (including phenoxy) is 3. The Balaban J connectivity index is 2.08. The Morgan fingerprint density at radius 2 is 1.24 bits per heavy atom. The van der Waals surface area contributed by atoms with Crippen LogP contribution >= 0.6 is 0 Å². The van der Waals surface area contributed by atoms with Crippen molar-refractivity contribution in [2.75, 3.05) is 0 Å². The quantitative estimate of drug-likeness (QED) is 0.308. The highest BCUT2D eigenvalue weighted by Crippen LogP contribution is 2.28. The van der Waals surface area contributed by atoms with Gasteiger partial charge < -0.3 is 44.8 Å². The molecule has 9 heteroatoms. The Morgan fingerprint density at radius 3 is 1.86 bits per heavy atom. The predicted octanol–water partition coefficient (Wildman–Crippen LogP) is -3.34. The highest BCUT2D eigenvalue weighted by atomic mass is 16.7. The number of rotatable bonds is 2. The van der Waals surface area contributed by atoms with E-state index in [4.69, 9.17) is 14.2 Å². The molecule has 0 saturated carbocycles. The van der Waals surface area contributed by atoms with Crippen LogP contribution < -0.4 is 0 Å². The summed E-state index contributed by atoms with van der Waals surface area (Å²) in [4.78, 5) is 0. The Hall–Kier alpha value is -0.360. The SMILES string of the molecule is C[C@@H]1O[C@@H](O[C@@H]2[C@@H](O)[C@H](C)OC(O)[C@@H]2O)[C@H](O)[C@H](O)[C@H]1O. The molecular formula is C12H22O9.